The topological polar surface area (TPSA) is 25.2 Å². The molecule has 0 aliphatic heterocycles. The molecule has 0 saturated carbocycles. The number of para-hydroxylation sites is 1. The van der Waals surface area contributed by atoms with Crippen LogP contribution in [-0.2, 0) is 0 Å². The molecule has 2 nitrogen and oxygen atoms in total. The van der Waals surface area contributed by atoms with Gasteiger partial charge in [0.25, 0.3) is 0 Å². The second-order valence-electron chi connectivity index (χ2n) is 4.36. The summed E-state index contributed by atoms with van der Waals surface area (Å²) in [5, 5.41) is 5.64. The van der Waals surface area contributed by atoms with E-state index < -0.39 is 0 Å². The van der Waals surface area contributed by atoms with Crippen LogP contribution in [0.4, 0.5) is 0 Å². The molecule has 86 valence electrons. The van der Waals surface area contributed by atoms with Crippen LogP contribution in [-0.4, -0.2) is 7.05 Å². The van der Waals surface area contributed by atoms with Gasteiger partial charge in [0.2, 0.25) is 0 Å². The van der Waals surface area contributed by atoms with E-state index in [2.05, 4.69) is 36.5 Å². The molecule has 1 heterocycles. The van der Waals surface area contributed by atoms with Crippen LogP contribution in [0.15, 0.2) is 46.9 Å². The van der Waals surface area contributed by atoms with E-state index in [1.165, 1.54) is 16.3 Å². The van der Waals surface area contributed by atoms with E-state index in [1.54, 1.807) is 0 Å². The molecule has 3 aromatic rings. The van der Waals surface area contributed by atoms with Crippen molar-refractivity contribution >= 4 is 21.9 Å². The molecule has 2 aromatic carbocycles. The van der Waals surface area contributed by atoms with E-state index in [0.717, 1.165) is 11.2 Å². The number of furan rings is 1. The predicted octanol–water partition coefficient (Wildman–Crippen LogP) is 3.87. The SMILES string of the molecule is CNC(C)c1ccc2oc3ccccc3c2c1. The molecule has 0 radical (unpaired) electrons. The maximum Gasteiger partial charge on any atom is 0.135 e. The Bertz CT molecular complexity index is 669. The van der Waals surface area contributed by atoms with Crippen molar-refractivity contribution in [3.63, 3.8) is 0 Å². The van der Waals surface area contributed by atoms with Crippen molar-refractivity contribution in [3.05, 3.63) is 48.0 Å². The van der Waals surface area contributed by atoms with Gasteiger partial charge in [0.15, 0.2) is 0 Å². The fourth-order valence-corrected chi connectivity index (χ4v) is 2.18. The number of rotatable bonds is 2. The molecule has 1 aromatic heterocycles. The third kappa shape index (κ3) is 1.61. The molecule has 17 heavy (non-hydrogen) atoms. The molecular weight excluding hydrogens is 210 g/mol. The Morgan fingerprint density at radius 1 is 1.00 bits per heavy atom. The van der Waals surface area contributed by atoms with Crippen molar-refractivity contribution in [1.82, 2.24) is 5.32 Å². The van der Waals surface area contributed by atoms with Crippen LogP contribution in [0.25, 0.3) is 21.9 Å². The third-order valence-corrected chi connectivity index (χ3v) is 3.33. The van der Waals surface area contributed by atoms with Crippen LogP contribution in [0.1, 0.15) is 18.5 Å². The first-order valence-corrected chi connectivity index (χ1v) is 5.88. The van der Waals surface area contributed by atoms with Gasteiger partial charge in [-0.05, 0) is 37.7 Å². The zero-order chi connectivity index (χ0) is 11.8. The highest BCUT2D eigenvalue weighted by atomic mass is 16.3. The Hall–Kier alpha value is -1.80. The van der Waals surface area contributed by atoms with Gasteiger partial charge in [0.05, 0.1) is 0 Å². The van der Waals surface area contributed by atoms with Gasteiger partial charge >= 0.3 is 0 Å². The van der Waals surface area contributed by atoms with E-state index in [-0.39, 0.29) is 0 Å². The van der Waals surface area contributed by atoms with Crippen molar-refractivity contribution in [3.8, 4) is 0 Å². The zero-order valence-electron chi connectivity index (χ0n) is 10.0. The Balaban J connectivity index is 2.30. The fraction of sp³-hybridized carbons (Fsp3) is 0.200. The van der Waals surface area contributed by atoms with Crippen LogP contribution in [0.5, 0.6) is 0 Å². The van der Waals surface area contributed by atoms with Gasteiger partial charge in [-0.2, -0.15) is 0 Å². The van der Waals surface area contributed by atoms with Gasteiger partial charge in [-0.3, -0.25) is 0 Å². The molecule has 1 unspecified atom stereocenters. The van der Waals surface area contributed by atoms with Gasteiger partial charge in [0, 0.05) is 16.8 Å². The van der Waals surface area contributed by atoms with Gasteiger partial charge in [-0.25, -0.2) is 0 Å². The Morgan fingerprint density at radius 3 is 2.59 bits per heavy atom. The maximum absolute atomic E-state index is 5.80. The number of fused-ring (bicyclic) bond motifs is 3. The number of hydrogen-bond donors (Lipinski definition) is 1. The van der Waals surface area contributed by atoms with Crippen molar-refractivity contribution in [2.45, 2.75) is 13.0 Å². The third-order valence-electron chi connectivity index (χ3n) is 3.33. The minimum atomic E-state index is 0.355. The lowest BCUT2D eigenvalue weighted by Gasteiger charge is -2.09. The molecule has 1 N–H and O–H groups in total. The summed E-state index contributed by atoms with van der Waals surface area (Å²) in [5.74, 6) is 0. The summed E-state index contributed by atoms with van der Waals surface area (Å²) in [7, 11) is 1.97. The highest BCUT2D eigenvalue weighted by molar-refractivity contribution is 6.04. The monoisotopic (exact) mass is 225 g/mol. The number of hydrogen-bond acceptors (Lipinski definition) is 2. The molecule has 1 atom stereocenters. The smallest absolute Gasteiger partial charge is 0.135 e. The van der Waals surface area contributed by atoms with E-state index in [1.807, 2.05) is 25.2 Å². The summed E-state index contributed by atoms with van der Waals surface area (Å²) >= 11 is 0. The molecule has 0 amide bonds. The first kappa shape index (κ1) is 10.4. The summed E-state index contributed by atoms with van der Waals surface area (Å²) in [6.07, 6.45) is 0. The normalized spacial score (nSPS) is 13.3. The Morgan fingerprint density at radius 2 is 1.76 bits per heavy atom. The summed E-state index contributed by atoms with van der Waals surface area (Å²) < 4.78 is 5.80. The highest BCUT2D eigenvalue weighted by Gasteiger charge is 2.09. The molecule has 2 heteroatoms. The largest absolute Gasteiger partial charge is 0.456 e. The molecule has 3 rings (SSSR count). The summed E-state index contributed by atoms with van der Waals surface area (Å²) in [6, 6.07) is 14.9. The van der Waals surface area contributed by atoms with Crippen molar-refractivity contribution < 1.29 is 4.42 Å². The van der Waals surface area contributed by atoms with Crippen LogP contribution in [0.3, 0.4) is 0 Å². The molecule has 0 aliphatic carbocycles. The lowest BCUT2D eigenvalue weighted by atomic mass is 10.0. The Kier molecular flexibility index (Phi) is 2.37. The summed E-state index contributed by atoms with van der Waals surface area (Å²) in [5.41, 5.74) is 3.20. The van der Waals surface area contributed by atoms with E-state index in [9.17, 15) is 0 Å². The second kappa shape index (κ2) is 3.90. The van der Waals surface area contributed by atoms with Crippen molar-refractivity contribution in [2.24, 2.45) is 0 Å². The lowest BCUT2D eigenvalue weighted by molar-refractivity contribution is 0.650. The second-order valence-corrected chi connectivity index (χ2v) is 4.36. The van der Waals surface area contributed by atoms with Crippen LogP contribution < -0.4 is 5.32 Å². The van der Waals surface area contributed by atoms with Crippen LogP contribution >= 0.6 is 0 Å². The minimum Gasteiger partial charge on any atom is -0.456 e. The number of nitrogens with one attached hydrogen (secondary N) is 1. The first-order chi connectivity index (χ1) is 8.29. The summed E-state index contributed by atoms with van der Waals surface area (Å²) in [4.78, 5) is 0. The quantitative estimate of drug-likeness (QED) is 0.716. The van der Waals surface area contributed by atoms with Crippen molar-refractivity contribution in [1.29, 1.82) is 0 Å². The number of benzene rings is 2. The molecule has 0 spiro atoms. The minimum absolute atomic E-state index is 0.355. The lowest BCUT2D eigenvalue weighted by Crippen LogP contribution is -2.11. The average Bonchev–Trinajstić information content (AvgIpc) is 2.75. The maximum atomic E-state index is 5.80. The zero-order valence-corrected chi connectivity index (χ0v) is 10.0. The average molecular weight is 225 g/mol. The highest BCUT2D eigenvalue weighted by Crippen LogP contribution is 2.30. The van der Waals surface area contributed by atoms with E-state index in [0.29, 0.717) is 6.04 Å². The van der Waals surface area contributed by atoms with Gasteiger partial charge in [-0.1, -0.05) is 24.3 Å². The molecule has 0 aliphatic rings. The molecule has 0 saturated heterocycles. The summed E-state index contributed by atoms with van der Waals surface area (Å²) in [6.45, 7) is 2.16. The molecule has 0 bridgehead atoms. The van der Waals surface area contributed by atoms with Crippen LogP contribution in [0.2, 0.25) is 0 Å². The van der Waals surface area contributed by atoms with Gasteiger partial charge < -0.3 is 9.73 Å². The van der Waals surface area contributed by atoms with Gasteiger partial charge in [0.1, 0.15) is 11.2 Å². The van der Waals surface area contributed by atoms with Crippen molar-refractivity contribution in [2.75, 3.05) is 7.05 Å². The fourth-order valence-electron chi connectivity index (χ4n) is 2.18. The Labute approximate surface area is 100 Å². The predicted molar refractivity (Wildman–Crippen MR) is 71.2 cm³/mol. The first-order valence-electron chi connectivity index (χ1n) is 5.88. The van der Waals surface area contributed by atoms with Gasteiger partial charge in [-0.15, -0.1) is 0 Å². The molecule has 0 fully saturated rings. The van der Waals surface area contributed by atoms with E-state index in [4.69, 9.17) is 4.42 Å². The standard InChI is InChI=1S/C15H15NO/c1-10(16-2)11-7-8-15-13(9-11)12-5-3-4-6-14(12)17-15/h3-10,16H,1-2H3. The molecular formula is C15H15NO. The van der Waals surface area contributed by atoms with Crippen LogP contribution in [0, 0.1) is 0 Å². The van der Waals surface area contributed by atoms with E-state index >= 15 is 0 Å².